The third-order valence-corrected chi connectivity index (χ3v) is 5.35. The highest BCUT2D eigenvalue weighted by Gasteiger charge is 2.32. The highest BCUT2D eigenvalue weighted by Crippen LogP contribution is 2.47. The van der Waals surface area contributed by atoms with E-state index in [0.29, 0.717) is 24.1 Å². The fraction of sp³-hybridized carbons (Fsp3) is 0.273. The van der Waals surface area contributed by atoms with Gasteiger partial charge in [-0.3, -0.25) is 9.89 Å². The van der Waals surface area contributed by atoms with Gasteiger partial charge in [-0.25, -0.2) is 0 Å². The van der Waals surface area contributed by atoms with Crippen molar-refractivity contribution in [2.24, 2.45) is 0 Å². The number of carbonyl (C=O) groups is 1. The lowest BCUT2D eigenvalue weighted by molar-refractivity contribution is -0.115. The molecule has 1 fully saturated rings. The molecular weight excluding hydrogens is 352 g/mol. The van der Waals surface area contributed by atoms with E-state index in [2.05, 4.69) is 27.6 Å². The first-order valence-corrected chi connectivity index (χ1v) is 9.44. The summed E-state index contributed by atoms with van der Waals surface area (Å²) >= 11 is 0. The van der Waals surface area contributed by atoms with Gasteiger partial charge in [0.1, 0.15) is 5.75 Å². The number of amides is 1. The van der Waals surface area contributed by atoms with Crippen LogP contribution in [0, 0.1) is 0 Å². The second kappa shape index (κ2) is 7.76. The Labute approximate surface area is 164 Å². The molecule has 1 amide bonds. The zero-order valence-corrected chi connectivity index (χ0v) is 15.8. The predicted octanol–water partition coefficient (Wildman–Crippen LogP) is 3.84. The summed E-state index contributed by atoms with van der Waals surface area (Å²) in [6.07, 6.45) is 2.42. The number of carbonyl (C=O) groups excluding carboxylic acids is 1. The topological polar surface area (TPSA) is 93.0 Å². The molecule has 1 aromatic heterocycles. The van der Waals surface area contributed by atoms with E-state index in [-0.39, 0.29) is 5.91 Å². The molecule has 4 N–H and O–H groups in total. The number of nitrogens with zero attached hydrogens (tertiary/aromatic N) is 1. The van der Waals surface area contributed by atoms with Crippen LogP contribution in [0.25, 0.3) is 0 Å². The molecule has 0 bridgehead atoms. The fourth-order valence-electron chi connectivity index (χ4n) is 3.68. The van der Waals surface area contributed by atoms with Gasteiger partial charge >= 0.3 is 0 Å². The van der Waals surface area contributed by atoms with Gasteiger partial charge in [0.2, 0.25) is 5.91 Å². The van der Waals surface area contributed by atoms with Crippen molar-refractivity contribution < 1.29 is 9.53 Å². The number of benzene rings is 2. The van der Waals surface area contributed by atoms with Gasteiger partial charge in [-0.2, -0.15) is 5.10 Å². The van der Waals surface area contributed by atoms with Gasteiger partial charge in [0, 0.05) is 23.4 Å². The summed E-state index contributed by atoms with van der Waals surface area (Å²) in [5.74, 6) is 2.23. The van der Waals surface area contributed by atoms with Crippen LogP contribution < -0.4 is 15.8 Å². The van der Waals surface area contributed by atoms with Crippen molar-refractivity contribution in [1.82, 2.24) is 10.2 Å². The molecule has 6 nitrogen and oxygen atoms in total. The average Bonchev–Trinajstić information content (AvgIpc) is 3.09. The van der Waals surface area contributed by atoms with Crippen LogP contribution in [0.2, 0.25) is 0 Å². The van der Waals surface area contributed by atoms with Crippen LogP contribution in [-0.2, 0) is 11.2 Å². The van der Waals surface area contributed by atoms with Crippen molar-refractivity contribution in [3.05, 3.63) is 71.4 Å². The zero-order valence-electron chi connectivity index (χ0n) is 15.8. The second-order valence-corrected chi connectivity index (χ2v) is 7.32. The van der Waals surface area contributed by atoms with Crippen LogP contribution >= 0.6 is 0 Å². The van der Waals surface area contributed by atoms with E-state index >= 15 is 0 Å². The highest BCUT2D eigenvalue weighted by molar-refractivity contribution is 5.91. The van der Waals surface area contributed by atoms with Crippen molar-refractivity contribution >= 4 is 17.4 Å². The van der Waals surface area contributed by atoms with Gasteiger partial charge in [-0.1, -0.05) is 24.3 Å². The second-order valence-electron chi connectivity index (χ2n) is 7.32. The van der Waals surface area contributed by atoms with Crippen molar-refractivity contribution in [1.29, 1.82) is 0 Å². The maximum atomic E-state index is 12.3. The minimum atomic E-state index is -0.0885. The Morgan fingerprint density at radius 2 is 1.96 bits per heavy atom. The first kappa shape index (κ1) is 18.1. The number of hydrogen-bond acceptors (Lipinski definition) is 4. The maximum Gasteiger partial charge on any atom is 0.229 e. The van der Waals surface area contributed by atoms with Crippen molar-refractivity contribution in [2.75, 3.05) is 18.2 Å². The van der Waals surface area contributed by atoms with E-state index in [1.54, 1.807) is 7.11 Å². The van der Waals surface area contributed by atoms with E-state index in [1.807, 2.05) is 42.5 Å². The number of aromatic nitrogens is 2. The molecule has 0 atom stereocenters. The summed E-state index contributed by atoms with van der Waals surface area (Å²) in [5, 5.41) is 10.2. The smallest absolute Gasteiger partial charge is 0.229 e. The molecule has 0 spiro atoms. The number of nitrogens with one attached hydrogen (secondary N) is 2. The van der Waals surface area contributed by atoms with Crippen LogP contribution in [-0.4, -0.2) is 23.2 Å². The molecule has 0 unspecified atom stereocenters. The van der Waals surface area contributed by atoms with Gasteiger partial charge in [-0.05, 0) is 54.2 Å². The minimum absolute atomic E-state index is 0.0885. The molecule has 0 radical (unpaired) electrons. The molecule has 2 aromatic carbocycles. The predicted molar refractivity (Wildman–Crippen MR) is 109 cm³/mol. The molecule has 0 saturated heterocycles. The monoisotopic (exact) mass is 376 g/mol. The largest absolute Gasteiger partial charge is 0.497 e. The molecule has 0 aliphatic heterocycles. The molecule has 1 heterocycles. The third-order valence-electron chi connectivity index (χ3n) is 5.35. The molecule has 4 rings (SSSR count). The number of H-pyrrole nitrogens is 1. The first-order valence-electron chi connectivity index (χ1n) is 9.44. The van der Waals surface area contributed by atoms with Gasteiger partial charge < -0.3 is 15.8 Å². The Kier molecular flexibility index (Phi) is 5.02. The van der Waals surface area contributed by atoms with E-state index in [1.165, 1.54) is 5.56 Å². The van der Waals surface area contributed by atoms with Gasteiger partial charge in [0.15, 0.2) is 5.82 Å². The normalized spacial score (nSPS) is 18.3. The number of aromatic amines is 1. The number of hydrogen-bond donors (Lipinski definition) is 3. The first-order chi connectivity index (χ1) is 13.6. The lowest BCUT2D eigenvalue weighted by Gasteiger charge is -2.35. The Morgan fingerprint density at radius 1 is 1.18 bits per heavy atom. The van der Waals surface area contributed by atoms with Crippen LogP contribution in [0.4, 0.5) is 11.5 Å². The number of nitrogen functional groups attached to an aromatic ring is 1. The fourth-order valence-corrected chi connectivity index (χ4v) is 3.68. The molecule has 1 saturated carbocycles. The number of rotatable bonds is 6. The van der Waals surface area contributed by atoms with Crippen molar-refractivity contribution in [3.63, 3.8) is 0 Å². The zero-order chi connectivity index (χ0) is 19.5. The highest BCUT2D eigenvalue weighted by atomic mass is 16.5. The van der Waals surface area contributed by atoms with Crippen LogP contribution in [0.1, 0.15) is 41.5 Å². The van der Waals surface area contributed by atoms with E-state index < -0.39 is 0 Å². The van der Waals surface area contributed by atoms with Crippen LogP contribution in [0.5, 0.6) is 5.75 Å². The van der Waals surface area contributed by atoms with E-state index in [4.69, 9.17) is 10.5 Å². The molecule has 6 heteroatoms. The molecule has 1 aliphatic carbocycles. The maximum absolute atomic E-state index is 12.3. The third kappa shape index (κ3) is 4.01. The van der Waals surface area contributed by atoms with Gasteiger partial charge in [-0.15, -0.1) is 0 Å². The van der Waals surface area contributed by atoms with Gasteiger partial charge in [0.05, 0.1) is 13.5 Å². The summed E-state index contributed by atoms with van der Waals surface area (Å²) in [6.45, 7) is 0. The molecule has 28 heavy (non-hydrogen) atoms. The summed E-state index contributed by atoms with van der Waals surface area (Å²) < 4.78 is 5.13. The summed E-state index contributed by atoms with van der Waals surface area (Å²) in [7, 11) is 1.62. The standard InChI is InChI=1S/C22H24N4O2/c1-28-19-7-5-14(6-8-19)9-22(27)24-21-13-20(25-26-21)17-10-16(11-17)15-3-2-4-18(23)12-15/h2-8,12-13,16-17H,9-11,23H2,1H3,(H2,24,25,26,27). The summed E-state index contributed by atoms with van der Waals surface area (Å²) in [5.41, 5.74) is 9.98. The molecule has 3 aromatic rings. The Bertz CT molecular complexity index is 959. The average molecular weight is 376 g/mol. The van der Waals surface area contributed by atoms with E-state index in [0.717, 1.165) is 35.5 Å². The quantitative estimate of drug-likeness (QED) is 0.570. The number of methoxy groups -OCH3 is 1. The number of nitrogens with two attached hydrogens (primary N) is 1. The van der Waals surface area contributed by atoms with Gasteiger partial charge in [0.25, 0.3) is 0 Å². The number of anilines is 2. The van der Waals surface area contributed by atoms with Crippen molar-refractivity contribution in [2.45, 2.75) is 31.1 Å². The lowest BCUT2D eigenvalue weighted by Crippen LogP contribution is -2.20. The molecular formula is C22H24N4O2. The summed E-state index contributed by atoms with van der Waals surface area (Å²) in [4.78, 5) is 12.3. The lowest BCUT2D eigenvalue weighted by atomic mass is 9.70. The van der Waals surface area contributed by atoms with E-state index in [9.17, 15) is 4.79 Å². The molecule has 1 aliphatic rings. The summed E-state index contributed by atoms with van der Waals surface area (Å²) in [6, 6.07) is 17.5. The van der Waals surface area contributed by atoms with Crippen LogP contribution in [0.15, 0.2) is 54.6 Å². The minimum Gasteiger partial charge on any atom is -0.497 e. The van der Waals surface area contributed by atoms with Crippen molar-refractivity contribution in [3.8, 4) is 5.75 Å². The SMILES string of the molecule is COc1ccc(CC(=O)Nc2cc(C3CC(c4cccc(N)c4)C3)[nH]n2)cc1. The Balaban J connectivity index is 1.30. The Morgan fingerprint density at radius 3 is 2.68 bits per heavy atom. The number of ether oxygens (including phenoxy) is 1. The molecule has 144 valence electrons. The Hall–Kier alpha value is -3.28. The van der Waals surface area contributed by atoms with Crippen LogP contribution in [0.3, 0.4) is 0 Å².